The summed E-state index contributed by atoms with van der Waals surface area (Å²) in [6.07, 6.45) is 8.82. The smallest absolute Gasteiger partial charge is 0.271 e. The van der Waals surface area contributed by atoms with Crippen molar-refractivity contribution in [3.8, 4) is 0 Å². The standard InChI is InChI=1S/C26H31N3O5S/c1-17-3-6-23(29(31)32)12-24(17)27-25(30)16-28(35(2,33)34)22-7-4-21(5-8-22)26-13-18-9-19(14-26)11-20(10-18)15-26/h3-8,12,18-20H,9-11,13-16H2,1-2H3,(H,27,30). The van der Waals surface area contributed by atoms with Crippen molar-refractivity contribution < 1.29 is 18.1 Å². The Morgan fingerprint density at radius 1 is 1.06 bits per heavy atom. The summed E-state index contributed by atoms with van der Waals surface area (Å²) in [4.78, 5) is 23.3. The summed E-state index contributed by atoms with van der Waals surface area (Å²) in [5, 5.41) is 13.7. The van der Waals surface area contributed by atoms with Crippen LogP contribution in [0, 0.1) is 34.8 Å². The third-order valence-electron chi connectivity index (χ3n) is 8.20. The van der Waals surface area contributed by atoms with E-state index in [2.05, 4.69) is 5.32 Å². The van der Waals surface area contributed by atoms with E-state index in [0.29, 0.717) is 11.3 Å². The Kier molecular flexibility index (Phi) is 5.86. The van der Waals surface area contributed by atoms with Gasteiger partial charge < -0.3 is 5.32 Å². The molecule has 4 saturated carbocycles. The zero-order valence-corrected chi connectivity index (χ0v) is 20.9. The zero-order chi connectivity index (χ0) is 25.0. The molecular formula is C26H31N3O5S. The van der Waals surface area contributed by atoms with Gasteiger partial charge in [-0.15, -0.1) is 0 Å². The number of nitro benzene ring substituents is 1. The fourth-order valence-electron chi connectivity index (χ4n) is 7.02. The van der Waals surface area contributed by atoms with Gasteiger partial charge in [0.05, 0.1) is 22.6 Å². The van der Waals surface area contributed by atoms with Gasteiger partial charge in [-0.2, -0.15) is 0 Å². The van der Waals surface area contributed by atoms with Gasteiger partial charge in [0.1, 0.15) is 6.54 Å². The number of anilines is 2. The van der Waals surface area contributed by atoms with Gasteiger partial charge in [0, 0.05) is 12.1 Å². The molecule has 0 radical (unpaired) electrons. The molecule has 0 saturated heterocycles. The summed E-state index contributed by atoms with van der Waals surface area (Å²) >= 11 is 0. The van der Waals surface area contributed by atoms with Crippen LogP contribution in [0.15, 0.2) is 42.5 Å². The first-order chi connectivity index (χ1) is 16.5. The predicted molar refractivity (Wildman–Crippen MR) is 135 cm³/mol. The number of aryl methyl sites for hydroxylation is 1. The van der Waals surface area contributed by atoms with Gasteiger partial charge in [0.25, 0.3) is 5.69 Å². The number of non-ortho nitro benzene ring substituents is 1. The van der Waals surface area contributed by atoms with Crippen molar-refractivity contribution in [1.82, 2.24) is 0 Å². The van der Waals surface area contributed by atoms with Crippen LogP contribution in [0.2, 0.25) is 0 Å². The lowest BCUT2D eigenvalue weighted by atomic mass is 9.48. The highest BCUT2D eigenvalue weighted by atomic mass is 32.2. The van der Waals surface area contributed by atoms with Crippen LogP contribution in [0.3, 0.4) is 0 Å². The fourth-order valence-corrected chi connectivity index (χ4v) is 7.88. The molecule has 0 atom stereocenters. The molecule has 8 nitrogen and oxygen atoms in total. The molecule has 4 aliphatic rings. The van der Waals surface area contributed by atoms with E-state index in [-0.39, 0.29) is 16.8 Å². The summed E-state index contributed by atoms with van der Waals surface area (Å²) in [5.41, 5.74) is 2.72. The Bertz CT molecular complexity index is 1240. The second kappa shape index (κ2) is 8.62. The Labute approximate surface area is 205 Å². The van der Waals surface area contributed by atoms with Crippen molar-refractivity contribution in [2.24, 2.45) is 17.8 Å². The summed E-state index contributed by atoms with van der Waals surface area (Å²) in [7, 11) is -3.73. The topological polar surface area (TPSA) is 110 Å². The highest BCUT2D eigenvalue weighted by Crippen LogP contribution is 2.60. The molecule has 0 unspecified atom stereocenters. The molecule has 2 aromatic carbocycles. The molecule has 4 fully saturated rings. The first kappa shape index (κ1) is 23.8. The van der Waals surface area contributed by atoms with E-state index in [9.17, 15) is 23.3 Å². The summed E-state index contributed by atoms with van der Waals surface area (Å²) in [5.74, 6) is 1.88. The quantitative estimate of drug-likeness (QED) is 0.437. The van der Waals surface area contributed by atoms with Gasteiger partial charge in [-0.1, -0.05) is 18.2 Å². The third-order valence-corrected chi connectivity index (χ3v) is 9.34. The van der Waals surface area contributed by atoms with Gasteiger partial charge in [-0.05, 0) is 91.9 Å². The number of nitrogens with one attached hydrogen (secondary N) is 1. The van der Waals surface area contributed by atoms with Gasteiger partial charge in [-0.3, -0.25) is 19.2 Å². The van der Waals surface area contributed by atoms with E-state index in [1.54, 1.807) is 25.1 Å². The monoisotopic (exact) mass is 497 g/mol. The van der Waals surface area contributed by atoms with Gasteiger partial charge >= 0.3 is 0 Å². The molecule has 35 heavy (non-hydrogen) atoms. The minimum absolute atomic E-state index is 0.147. The highest BCUT2D eigenvalue weighted by Gasteiger charge is 2.51. The van der Waals surface area contributed by atoms with Gasteiger partial charge in [-0.25, -0.2) is 8.42 Å². The maximum Gasteiger partial charge on any atom is 0.271 e. The number of carbonyl (C=O) groups excluding carboxylic acids is 1. The number of benzene rings is 2. The van der Waals surface area contributed by atoms with Gasteiger partial charge in [0.2, 0.25) is 15.9 Å². The normalized spacial score (nSPS) is 27.0. The minimum atomic E-state index is -3.73. The van der Waals surface area contributed by atoms with E-state index in [1.165, 1.54) is 56.2 Å². The summed E-state index contributed by atoms with van der Waals surface area (Å²) in [6.45, 7) is 1.30. The van der Waals surface area contributed by atoms with Crippen LogP contribution in [0.1, 0.15) is 49.7 Å². The van der Waals surface area contributed by atoms with Crippen LogP contribution in [-0.4, -0.2) is 32.0 Å². The fraction of sp³-hybridized carbons (Fsp3) is 0.500. The first-order valence-electron chi connectivity index (χ1n) is 12.2. The number of hydrogen-bond acceptors (Lipinski definition) is 5. The van der Waals surface area contributed by atoms with Crippen LogP contribution >= 0.6 is 0 Å². The SMILES string of the molecule is Cc1ccc([N+](=O)[O-])cc1NC(=O)CN(c1ccc(C23CC4CC(CC(C4)C2)C3)cc1)S(C)(=O)=O. The van der Waals surface area contributed by atoms with Crippen LogP contribution in [0.25, 0.3) is 0 Å². The lowest BCUT2D eigenvalue weighted by Gasteiger charge is -2.57. The molecule has 4 aliphatic carbocycles. The number of nitro groups is 1. The molecule has 0 spiro atoms. The predicted octanol–water partition coefficient (Wildman–Crippen LogP) is 4.78. The number of hydrogen-bond donors (Lipinski definition) is 1. The lowest BCUT2D eigenvalue weighted by Crippen LogP contribution is -2.48. The molecule has 186 valence electrons. The largest absolute Gasteiger partial charge is 0.324 e. The van der Waals surface area contributed by atoms with E-state index in [4.69, 9.17) is 0 Å². The van der Waals surface area contributed by atoms with Crippen molar-refractivity contribution in [2.45, 2.75) is 50.9 Å². The average Bonchev–Trinajstić information content (AvgIpc) is 2.77. The molecule has 0 heterocycles. The molecule has 0 aromatic heterocycles. The Hall–Kier alpha value is -2.94. The lowest BCUT2D eigenvalue weighted by molar-refractivity contribution is -0.384. The third kappa shape index (κ3) is 4.66. The molecule has 4 bridgehead atoms. The molecular weight excluding hydrogens is 466 g/mol. The second-order valence-electron chi connectivity index (χ2n) is 10.8. The van der Waals surface area contributed by atoms with Gasteiger partial charge in [0.15, 0.2) is 0 Å². The van der Waals surface area contributed by atoms with E-state index in [0.717, 1.165) is 28.3 Å². The second-order valence-corrected chi connectivity index (χ2v) is 12.7. The maximum absolute atomic E-state index is 12.8. The number of nitrogens with zero attached hydrogens (tertiary/aromatic N) is 2. The van der Waals surface area contributed by atoms with Crippen molar-refractivity contribution in [3.63, 3.8) is 0 Å². The Balaban J connectivity index is 1.35. The first-order valence-corrected chi connectivity index (χ1v) is 14.0. The number of rotatable bonds is 7. The van der Waals surface area contributed by atoms with Crippen LogP contribution in [-0.2, 0) is 20.2 Å². The van der Waals surface area contributed by atoms with E-state index >= 15 is 0 Å². The number of carbonyl (C=O) groups is 1. The zero-order valence-electron chi connectivity index (χ0n) is 20.1. The molecule has 9 heteroatoms. The van der Waals surface area contributed by atoms with Crippen molar-refractivity contribution in [3.05, 3.63) is 63.7 Å². The van der Waals surface area contributed by atoms with Crippen molar-refractivity contribution in [1.29, 1.82) is 0 Å². The van der Waals surface area contributed by atoms with E-state index < -0.39 is 27.4 Å². The maximum atomic E-state index is 12.8. The summed E-state index contributed by atoms with van der Waals surface area (Å²) < 4.78 is 26.3. The van der Waals surface area contributed by atoms with Crippen LogP contribution in [0.5, 0.6) is 0 Å². The Morgan fingerprint density at radius 3 is 2.14 bits per heavy atom. The van der Waals surface area contributed by atoms with Crippen LogP contribution < -0.4 is 9.62 Å². The molecule has 1 amide bonds. The van der Waals surface area contributed by atoms with Crippen LogP contribution in [0.4, 0.5) is 17.1 Å². The average molecular weight is 498 g/mol. The number of sulfonamides is 1. The Morgan fingerprint density at radius 2 is 1.63 bits per heavy atom. The highest BCUT2D eigenvalue weighted by molar-refractivity contribution is 7.92. The number of amides is 1. The summed E-state index contributed by atoms with van der Waals surface area (Å²) in [6, 6.07) is 11.9. The van der Waals surface area contributed by atoms with Crippen molar-refractivity contribution >= 4 is 33.0 Å². The minimum Gasteiger partial charge on any atom is -0.324 e. The molecule has 1 N–H and O–H groups in total. The molecule has 2 aromatic rings. The van der Waals surface area contributed by atoms with Crippen molar-refractivity contribution in [2.75, 3.05) is 22.4 Å². The van der Waals surface area contributed by atoms with E-state index in [1.807, 2.05) is 12.1 Å². The molecule has 6 rings (SSSR count). The molecule has 0 aliphatic heterocycles.